The topological polar surface area (TPSA) is 85.2 Å². The summed E-state index contributed by atoms with van der Waals surface area (Å²) in [6.45, 7) is -0.153. The fourth-order valence-electron chi connectivity index (χ4n) is 1.01. The Balaban J connectivity index is 2.80. The van der Waals surface area contributed by atoms with Gasteiger partial charge in [-0.05, 0) is 18.2 Å². The summed E-state index contributed by atoms with van der Waals surface area (Å²) in [5.41, 5.74) is 0.0892. The number of rotatable bonds is 6. The van der Waals surface area contributed by atoms with E-state index in [4.69, 9.17) is 19.8 Å². The molecule has 1 aromatic carbocycles. The number of ether oxygens (including phenoxy) is 1. The number of aromatic carboxylic acids is 1. The first-order valence-electron chi connectivity index (χ1n) is 4.50. The molecule has 0 aromatic heterocycles. The quantitative estimate of drug-likeness (QED) is 0.423. The van der Waals surface area contributed by atoms with Crippen LogP contribution >= 0.6 is 0 Å². The van der Waals surface area contributed by atoms with E-state index in [1.165, 1.54) is 25.3 Å². The highest BCUT2D eigenvalue weighted by atomic mass is 17.2. The molecule has 6 nitrogen and oxygen atoms in total. The molecule has 0 saturated carbocycles. The summed E-state index contributed by atoms with van der Waals surface area (Å²) in [6, 6.07) is 4.10. The number of aliphatic hydroxyl groups excluding tert-OH is 1. The summed E-state index contributed by atoms with van der Waals surface area (Å²) in [5, 5.41) is 17.2. The van der Waals surface area contributed by atoms with Crippen molar-refractivity contribution in [2.45, 2.75) is 0 Å². The van der Waals surface area contributed by atoms with E-state index in [0.717, 1.165) is 0 Å². The molecule has 88 valence electrons. The van der Waals surface area contributed by atoms with Crippen LogP contribution in [0.2, 0.25) is 0 Å². The van der Waals surface area contributed by atoms with Gasteiger partial charge in [-0.3, -0.25) is 0 Å². The van der Waals surface area contributed by atoms with Crippen molar-refractivity contribution in [3.8, 4) is 11.5 Å². The lowest BCUT2D eigenvalue weighted by molar-refractivity contribution is -0.213. The fraction of sp³-hybridized carbons (Fsp3) is 0.300. The molecule has 0 bridgehead atoms. The molecule has 0 fully saturated rings. The highest BCUT2D eigenvalue weighted by Crippen LogP contribution is 2.28. The first-order valence-corrected chi connectivity index (χ1v) is 4.50. The standard InChI is InChI=1S/C10H12O6/c1-14-9-6-7(10(12)13)2-3-8(9)16-15-5-4-11/h2-3,6,11H,4-5H2,1H3,(H,12,13). The zero-order chi connectivity index (χ0) is 12.0. The largest absolute Gasteiger partial charge is 0.493 e. The van der Waals surface area contributed by atoms with Crippen molar-refractivity contribution < 1.29 is 29.5 Å². The van der Waals surface area contributed by atoms with Gasteiger partial charge in [-0.15, -0.1) is 0 Å². The lowest BCUT2D eigenvalue weighted by Gasteiger charge is -2.08. The summed E-state index contributed by atoms with van der Waals surface area (Å²) < 4.78 is 4.94. The van der Waals surface area contributed by atoms with Crippen LogP contribution in [0.3, 0.4) is 0 Å². The smallest absolute Gasteiger partial charge is 0.335 e. The Labute approximate surface area is 91.9 Å². The highest BCUT2D eigenvalue weighted by molar-refractivity contribution is 5.88. The lowest BCUT2D eigenvalue weighted by Crippen LogP contribution is -2.04. The van der Waals surface area contributed by atoms with Gasteiger partial charge in [-0.25, -0.2) is 4.79 Å². The van der Waals surface area contributed by atoms with Gasteiger partial charge in [0.2, 0.25) is 5.75 Å². The maximum Gasteiger partial charge on any atom is 0.335 e. The molecule has 0 aliphatic carbocycles. The van der Waals surface area contributed by atoms with E-state index >= 15 is 0 Å². The summed E-state index contributed by atoms with van der Waals surface area (Å²) in [5.74, 6) is -0.556. The minimum atomic E-state index is -1.05. The first kappa shape index (κ1) is 12.3. The molecule has 6 heteroatoms. The zero-order valence-electron chi connectivity index (χ0n) is 8.67. The van der Waals surface area contributed by atoms with E-state index < -0.39 is 5.97 Å². The number of carboxylic acids is 1. The van der Waals surface area contributed by atoms with E-state index in [1.807, 2.05) is 0 Å². The first-order chi connectivity index (χ1) is 7.69. The van der Waals surface area contributed by atoms with Gasteiger partial charge in [-0.1, -0.05) is 0 Å². The van der Waals surface area contributed by atoms with Crippen LogP contribution in [0.15, 0.2) is 18.2 Å². The van der Waals surface area contributed by atoms with Gasteiger partial charge in [0.15, 0.2) is 5.75 Å². The van der Waals surface area contributed by atoms with Crippen LogP contribution < -0.4 is 9.62 Å². The number of carbonyl (C=O) groups is 1. The molecule has 0 spiro atoms. The van der Waals surface area contributed by atoms with Crippen molar-refractivity contribution in [1.29, 1.82) is 0 Å². The average molecular weight is 228 g/mol. The second-order valence-corrected chi connectivity index (χ2v) is 2.80. The molecule has 0 aliphatic heterocycles. The number of aliphatic hydroxyl groups is 1. The van der Waals surface area contributed by atoms with Crippen LogP contribution in [0, 0.1) is 0 Å². The molecule has 1 rings (SSSR count). The molecule has 0 heterocycles. The number of methoxy groups -OCH3 is 1. The van der Waals surface area contributed by atoms with Crippen LogP contribution in [-0.4, -0.2) is 36.5 Å². The van der Waals surface area contributed by atoms with Gasteiger partial charge >= 0.3 is 5.97 Å². The molecular formula is C10H12O6. The zero-order valence-corrected chi connectivity index (χ0v) is 8.67. The summed E-state index contributed by atoms with van der Waals surface area (Å²) in [6.07, 6.45) is 0. The van der Waals surface area contributed by atoms with E-state index in [1.54, 1.807) is 0 Å². The van der Waals surface area contributed by atoms with Crippen molar-refractivity contribution in [3.63, 3.8) is 0 Å². The second-order valence-electron chi connectivity index (χ2n) is 2.80. The summed E-state index contributed by atoms with van der Waals surface area (Å²) in [4.78, 5) is 20.1. The Bertz CT molecular complexity index is 362. The van der Waals surface area contributed by atoms with Crippen LogP contribution in [0.1, 0.15) is 10.4 Å². The molecule has 0 atom stereocenters. The van der Waals surface area contributed by atoms with Gasteiger partial charge < -0.3 is 19.8 Å². The maximum absolute atomic E-state index is 10.7. The van der Waals surface area contributed by atoms with Crippen LogP contribution in [0.5, 0.6) is 11.5 Å². The van der Waals surface area contributed by atoms with Gasteiger partial charge in [0, 0.05) is 0 Å². The van der Waals surface area contributed by atoms with Crippen LogP contribution in [0.25, 0.3) is 0 Å². The molecule has 0 saturated heterocycles. The van der Waals surface area contributed by atoms with Crippen molar-refractivity contribution >= 4 is 5.97 Å². The lowest BCUT2D eigenvalue weighted by atomic mass is 10.2. The third-order valence-electron chi connectivity index (χ3n) is 1.73. The number of hydrogen-bond acceptors (Lipinski definition) is 5. The number of hydrogen-bond donors (Lipinski definition) is 2. The van der Waals surface area contributed by atoms with E-state index in [-0.39, 0.29) is 30.3 Å². The Hall–Kier alpha value is -1.79. The van der Waals surface area contributed by atoms with Crippen molar-refractivity contribution in [2.75, 3.05) is 20.3 Å². The normalized spacial score (nSPS) is 9.88. The Morgan fingerprint density at radius 1 is 1.38 bits per heavy atom. The maximum atomic E-state index is 10.7. The molecule has 16 heavy (non-hydrogen) atoms. The van der Waals surface area contributed by atoms with Crippen molar-refractivity contribution in [3.05, 3.63) is 23.8 Å². The van der Waals surface area contributed by atoms with Crippen molar-refractivity contribution in [1.82, 2.24) is 0 Å². The Morgan fingerprint density at radius 2 is 2.12 bits per heavy atom. The number of benzene rings is 1. The van der Waals surface area contributed by atoms with Crippen LogP contribution in [0.4, 0.5) is 0 Å². The predicted octanol–water partition coefficient (Wildman–Crippen LogP) is 0.696. The average Bonchev–Trinajstić information content (AvgIpc) is 2.29. The molecule has 0 unspecified atom stereocenters. The third kappa shape index (κ3) is 3.11. The molecule has 0 aliphatic rings. The Morgan fingerprint density at radius 3 is 2.69 bits per heavy atom. The monoisotopic (exact) mass is 228 g/mol. The third-order valence-corrected chi connectivity index (χ3v) is 1.73. The molecule has 0 radical (unpaired) electrons. The summed E-state index contributed by atoms with van der Waals surface area (Å²) in [7, 11) is 1.39. The van der Waals surface area contributed by atoms with Gasteiger partial charge in [0.05, 0.1) is 19.3 Å². The molecule has 2 N–H and O–H groups in total. The molecular weight excluding hydrogens is 216 g/mol. The van der Waals surface area contributed by atoms with E-state index in [0.29, 0.717) is 0 Å². The summed E-state index contributed by atoms with van der Waals surface area (Å²) >= 11 is 0. The molecule has 1 aromatic rings. The van der Waals surface area contributed by atoms with Gasteiger partial charge in [0.1, 0.15) is 6.61 Å². The highest BCUT2D eigenvalue weighted by Gasteiger charge is 2.10. The predicted molar refractivity (Wildman–Crippen MR) is 53.6 cm³/mol. The van der Waals surface area contributed by atoms with E-state index in [9.17, 15) is 4.79 Å². The van der Waals surface area contributed by atoms with Crippen LogP contribution in [-0.2, 0) is 4.89 Å². The Kier molecular flexibility index (Phi) is 4.56. The second kappa shape index (κ2) is 5.94. The SMILES string of the molecule is COc1cc(C(=O)O)ccc1OOCCO. The molecule has 0 amide bonds. The fourth-order valence-corrected chi connectivity index (χ4v) is 1.01. The van der Waals surface area contributed by atoms with Gasteiger partial charge in [0.25, 0.3) is 0 Å². The van der Waals surface area contributed by atoms with Gasteiger partial charge in [-0.2, -0.15) is 4.89 Å². The minimum absolute atomic E-state index is 0.0177. The minimum Gasteiger partial charge on any atom is -0.493 e. The number of carboxylic acid groups (broad SMARTS) is 1. The van der Waals surface area contributed by atoms with Crippen molar-refractivity contribution in [2.24, 2.45) is 0 Å². The van der Waals surface area contributed by atoms with E-state index in [2.05, 4.69) is 4.89 Å².